The molecule has 1 aliphatic heterocycles. The quantitative estimate of drug-likeness (QED) is 0.605. The number of benzene rings is 3. The van der Waals surface area contributed by atoms with Gasteiger partial charge in [-0.1, -0.05) is 6.07 Å². The van der Waals surface area contributed by atoms with Crippen LogP contribution in [-0.4, -0.2) is 21.1 Å². The van der Waals surface area contributed by atoms with Crippen molar-refractivity contribution < 1.29 is 31.5 Å². The molecule has 1 amide bonds. The monoisotopic (exact) mass is 446 g/mol. The summed E-state index contributed by atoms with van der Waals surface area (Å²) in [6.45, 7) is 0.428. The number of fused-ring (bicyclic) bond motifs is 1. The molecule has 0 atom stereocenters. The minimum atomic E-state index is -4.12. The van der Waals surface area contributed by atoms with Gasteiger partial charge in [0.15, 0.2) is 23.1 Å². The molecular weight excluding hydrogens is 430 g/mol. The number of amides is 1. The van der Waals surface area contributed by atoms with Crippen LogP contribution in [0.2, 0.25) is 0 Å². The van der Waals surface area contributed by atoms with Gasteiger partial charge in [-0.15, -0.1) is 0 Å². The number of carbonyl (C=O) groups is 1. The Bertz CT molecular complexity index is 1250. The largest absolute Gasteiger partial charge is 0.454 e. The Kier molecular flexibility index (Phi) is 5.47. The second kappa shape index (κ2) is 8.23. The normalized spacial score (nSPS) is 12.5. The van der Waals surface area contributed by atoms with Crippen molar-refractivity contribution in [3.63, 3.8) is 0 Å². The maximum absolute atomic E-state index is 13.3. The van der Waals surface area contributed by atoms with Gasteiger partial charge in [0, 0.05) is 17.8 Å². The smallest absolute Gasteiger partial charge is 0.261 e. The lowest BCUT2D eigenvalue weighted by atomic mass is 10.1. The Balaban J connectivity index is 1.39. The molecular formula is C21H16F2N2O5S. The number of hydrogen-bond donors (Lipinski definition) is 2. The van der Waals surface area contributed by atoms with Crippen LogP contribution in [0.4, 0.5) is 14.5 Å². The fourth-order valence-electron chi connectivity index (χ4n) is 2.88. The van der Waals surface area contributed by atoms with Crippen LogP contribution in [-0.2, 0) is 16.6 Å². The molecule has 0 aliphatic carbocycles. The van der Waals surface area contributed by atoms with E-state index in [1.54, 1.807) is 12.1 Å². The third kappa shape index (κ3) is 4.58. The highest BCUT2D eigenvalue weighted by Crippen LogP contribution is 2.32. The summed E-state index contributed by atoms with van der Waals surface area (Å²) in [6.07, 6.45) is 0. The van der Waals surface area contributed by atoms with Gasteiger partial charge in [0.25, 0.3) is 15.9 Å². The van der Waals surface area contributed by atoms with Crippen molar-refractivity contribution in [2.24, 2.45) is 0 Å². The predicted octanol–water partition coefficient (Wildman–Crippen LogP) is 3.42. The fourth-order valence-corrected chi connectivity index (χ4v) is 3.95. The molecule has 3 aromatic rings. The first-order valence-corrected chi connectivity index (χ1v) is 10.5. The van der Waals surface area contributed by atoms with Crippen molar-refractivity contribution in [2.75, 3.05) is 11.5 Å². The number of carbonyl (C=O) groups excluding carboxylic acids is 1. The van der Waals surface area contributed by atoms with E-state index in [9.17, 15) is 22.0 Å². The van der Waals surface area contributed by atoms with Crippen LogP contribution in [0.1, 0.15) is 15.9 Å². The maximum Gasteiger partial charge on any atom is 0.261 e. The highest BCUT2D eigenvalue weighted by Gasteiger charge is 2.17. The number of halogens is 2. The van der Waals surface area contributed by atoms with Gasteiger partial charge in [-0.3, -0.25) is 9.52 Å². The molecule has 0 aromatic heterocycles. The van der Waals surface area contributed by atoms with Gasteiger partial charge in [0.05, 0.1) is 4.90 Å². The van der Waals surface area contributed by atoms with Crippen LogP contribution in [0.25, 0.3) is 0 Å². The molecule has 0 radical (unpaired) electrons. The summed E-state index contributed by atoms with van der Waals surface area (Å²) in [4.78, 5) is 11.9. The molecule has 0 bridgehead atoms. The van der Waals surface area contributed by atoms with E-state index in [0.717, 1.165) is 17.7 Å². The van der Waals surface area contributed by atoms with E-state index in [4.69, 9.17) is 9.47 Å². The Hall–Kier alpha value is -3.66. The first kappa shape index (κ1) is 20.6. The zero-order valence-electron chi connectivity index (χ0n) is 15.9. The average Bonchev–Trinajstić information content (AvgIpc) is 3.22. The maximum atomic E-state index is 13.3. The highest BCUT2D eigenvalue weighted by atomic mass is 32.2. The first-order valence-electron chi connectivity index (χ1n) is 9.06. The van der Waals surface area contributed by atoms with E-state index in [1.165, 1.54) is 24.3 Å². The van der Waals surface area contributed by atoms with Gasteiger partial charge in [0.1, 0.15) is 0 Å². The number of nitrogens with one attached hydrogen (secondary N) is 2. The fraction of sp³-hybridized carbons (Fsp3) is 0.0952. The van der Waals surface area contributed by atoms with Crippen molar-refractivity contribution >= 4 is 21.6 Å². The molecule has 31 heavy (non-hydrogen) atoms. The Morgan fingerprint density at radius 2 is 1.65 bits per heavy atom. The van der Waals surface area contributed by atoms with E-state index in [-0.39, 0.29) is 24.9 Å². The molecule has 3 aromatic carbocycles. The zero-order valence-corrected chi connectivity index (χ0v) is 16.7. The van der Waals surface area contributed by atoms with Gasteiger partial charge in [-0.2, -0.15) is 0 Å². The van der Waals surface area contributed by atoms with Gasteiger partial charge < -0.3 is 14.8 Å². The highest BCUT2D eigenvalue weighted by molar-refractivity contribution is 7.92. The summed E-state index contributed by atoms with van der Waals surface area (Å²) in [5.41, 5.74) is 1.31. The van der Waals surface area contributed by atoms with Crippen molar-refractivity contribution in [3.8, 4) is 11.5 Å². The van der Waals surface area contributed by atoms with Gasteiger partial charge in [-0.05, 0) is 60.2 Å². The lowest BCUT2D eigenvalue weighted by Crippen LogP contribution is -2.22. The standard InChI is InChI=1S/C21H16F2N2O5S/c22-17-7-6-16(10-18(17)23)31(27,28)25-15-4-2-14(3-5-15)21(26)24-11-13-1-8-19-20(9-13)30-12-29-19/h1-10,25H,11-12H2,(H,24,26). The van der Waals surface area contributed by atoms with Crippen molar-refractivity contribution in [1.29, 1.82) is 0 Å². The lowest BCUT2D eigenvalue weighted by Gasteiger charge is -2.10. The average molecular weight is 446 g/mol. The summed E-state index contributed by atoms with van der Waals surface area (Å²) < 4.78 is 63.8. The summed E-state index contributed by atoms with van der Waals surface area (Å²) in [5.74, 6) is -1.50. The molecule has 0 saturated carbocycles. The van der Waals surface area contributed by atoms with Crippen LogP contribution >= 0.6 is 0 Å². The van der Waals surface area contributed by atoms with Crippen LogP contribution in [0.3, 0.4) is 0 Å². The van der Waals surface area contributed by atoms with Gasteiger partial charge >= 0.3 is 0 Å². The Morgan fingerprint density at radius 3 is 2.39 bits per heavy atom. The van der Waals surface area contributed by atoms with Crippen LogP contribution in [0.5, 0.6) is 11.5 Å². The van der Waals surface area contributed by atoms with E-state index < -0.39 is 26.6 Å². The van der Waals surface area contributed by atoms with E-state index in [0.29, 0.717) is 23.1 Å². The molecule has 1 heterocycles. The number of anilines is 1. The third-order valence-electron chi connectivity index (χ3n) is 4.49. The molecule has 0 unspecified atom stereocenters. The molecule has 0 spiro atoms. The number of rotatable bonds is 6. The molecule has 10 heteroatoms. The minimum absolute atomic E-state index is 0.164. The first-order chi connectivity index (χ1) is 14.8. The minimum Gasteiger partial charge on any atom is -0.454 e. The Labute approximate surface area is 176 Å². The number of sulfonamides is 1. The number of hydrogen-bond acceptors (Lipinski definition) is 5. The molecule has 0 fully saturated rings. The summed E-state index contributed by atoms with van der Waals surface area (Å²) in [5, 5.41) is 2.76. The van der Waals surface area contributed by atoms with Crippen LogP contribution in [0, 0.1) is 11.6 Å². The third-order valence-corrected chi connectivity index (χ3v) is 5.87. The summed E-state index contributed by atoms with van der Waals surface area (Å²) in [7, 11) is -4.12. The SMILES string of the molecule is O=C(NCc1ccc2c(c1)OCO2)c1ccc(NS(=O)(=O)c2ccc(F)c(F)c2)cc1. The van der Waals surface area contributed by atoms with E-state index in [2.05, 4.69) is 10.0 Å². The van der Waals surface area contributed by atoms with Gasteiger partial charge in [0.2, 0.25) is 6.79 Å². The molecule has 4 rings (SSSR count). The molecule has 7 nitrogen and oxygen atoms in total. The molecule has 2 N–H and O–H groups in total. The second-order valence-electron chi connectivity index (χ2n) is 6.63. The second-order valence-corrected chi connectivity index (χ2v) is 8.31. The summed E-state index contributed by atoms with van der Waals surface area (Å²) in [6, 6.07) is 13.3. The Morgan fingerprint density at radius 1 is 0.903 bits per heavy atom. The molecule has 160 valence electrons. The predicted molar refractivity (Wildman–Crippen MR) is 107 cm³/mol. The van der Waals surface area contributed by atoms with E-state index >= 15 is 0 Å². The van der Waals surface area contributed by atoms with Crippen molar-refractivity contribution in [2.45, 2.75) is 11.4 Å². The summed E-state index contributed by atoms with van der Waals surface area (Å²) >= 11 is 0. The van der Waals surface area contributed by atoms with E-state index in [1.807, 2.05) is 6.07 Å². The zero-order chi connectivity index (χ0) is 22.0. The van der Waals surface area contributed by atoms with Crippen LogP contribution < -0.4 is 19.5 Å². The topological polar surface area (TPSA) is 93.7 Å². The lowest BCUT2D eigenvalue weighted by molar-refractivity contribution is 0.0951. The number of ether oxygens (including phenoxy) is 2. The van der Waals surface area contributed by atoms with Crippen molar-refractivity contribution in [1.82, 2.24) is 5.32 Å². The van der Waals surface area contributed by atoms with Crippen molar-refractivity contribution in [3.05, 3.63) is 83.4 Å². The molecule has 0 saturated heterocycles. The molecule has 1 aliphatic rings. The van der Waals surface area contributed by atoms with Gasteiger partial charge in [-0.25, -0.2) is 17.2 Å². The van der Waals surface area contributed by atoms with Crippen LogP contribution in [0.15, 0.2) is 65.6 Å².